The fraction of sp³-hybridized carbons (Fsp3) is 0.143. The minimum Gasteiger partial charge on any atom is -0.543 e. The number of halogens is 1. The zero-order chi connectivity index (χ0) is 10.9. The van der Waals surface area contributed by atoms with Gasteiger partial charge in [0, 0.05) is 6.26 Å². The number of carboxylic acid groups (broad SMARTS) is 1. The van der Waals surface area contributed by atoms with E-state index in [2.05, 4.69) is 20.9 Å². The summed E-state index contributed by atoms with van der Waals surface area (Å²) >= 11 is 2.93. The molecule has 0 saturated heterocycles. The second kappa shape index (κ2) is 5.12. The van der Waals surface area contributed by atoms with E-state index in [1.807, 2.05) is 0 Å². The van der Waals surface area contributed by atoms with Crippen molar-refractivity contribution in [2.75, 3.05) is 6.26 Å². The van der Waals surface area contributed by atoms with Crippen LogP contribution in [0.1, 0.15) is 10.5 Å². The monoisotopic (exact) mass is 285 g/mol. The molecule has 0 bridgehead atoms. The summed E-state index contributed by atoms with van der Waals surface area (Å²) in [6, 6.07) is 2.51. The molecule has 15 heavy (non-hydrogen) atoms. The Balaban J connectivity index is 0.00000196. The van der Waals surface area contributed by atoms with Gasteiger partial charge >= 0.3 is 18.9 Å². The SMILES string of the molecule is CS(=O)(=O)c1ccc(Br)nc1C(=O)[O-].[Li+]. The number of carbonyl (C=O) groups excluding carboxylic acids is 1. The van der Waals surface area contributed by atoms with Crippen molar-refractivity contribution in [2.24, 2.45) is 0 Å². The number of hydrogen-bond donors (Lipinski definition) is 0. The van der Waals surface area contributed by atoms with Crippen molar-refractivity contribution in [2.45, 2.75) is 4.90 Å². The smallest absolute Gasteiger partial charge is 0.543 e. The Morgan fingerprint density at radius 3 is 2.40 bits per heavy atom. The summed E-state index contributed by atoms with van der Waals surface area (Å²) in [7, 11) is -3.60. The molecule has 0 radical (unpaired) electrons. The van der Waals surface area contributed by atoms with E-state index in [1.165, 1.54) is 6.07 Å². The Kier molecular flexibility index (Phi) is 5.00. The summed E-state index contributed by atoms with van der Waals surface area (Å²) in [5.74, 6) is -1.62. The Morgan fingerprint density at radius 1 is 1.47 bits per heavy atom. The molecule has 0 N–H and O–H groups in total. The first-order valence-corrected chi connectivity index (χ1v) is 6.09. The number of nitrogens with zero attached hydrogens (tertiary/aromatic N) is 1. The van der Waals surface area contributed by atoms with Crippen molar-refractivity contribution in [3.05, 3.63) is 22.4 Å². The third-order valence-electron chi connectivity index (χ3n) is 1.42. The minimum absolute atomic E-state index is 0. The van der Waals surface area contributed by atoms with Crippen LogP contribution in [-0.4, -0.2) is 25.6 Å². The molecule has 0 aliphatic heterocycles. The molecule has 0 aliphatic rings. The average molecular weight is 286 g/mol. The first-order chi connectivity index (χ1) is 6.32. The van der Waals surface area contributed by atoms with Gasteiger partial charge in [-0.25, -0.2) is 13.4 Å². The molecule has 0 amide bonds. The summed E-state index contributed by atoms with van der Waals surface area (Å²) in [6.45, 7) is 0. The zero-order valence-corrected chi connectivity index (χ0v) is 10.4. The van der Waals surface area contributed by atoms with Crippen LogP contribution in [0.2, 0.25) is 0 Å². The first kappa shape index (κ1) is 14.6. The molecule has 1 heterocycles. The molecule has 0 aromatic carbocycles. The van der Waals surface area contributed by atoms with E-state index in [9.17, 15) is 18.3 Å². The Morgan fingerprint density at radius 2 is 2.00 bits per heavy atom. The standard InChI is InChI=1S/C7H6BrNO4S.Li/c1-14(12,13)4-2-3-5(8)9-6(4)7(10)11;/h2-3H,1H3,(H,10,11);/q;+1/p-1. The molecule has 76 valence electrons. The molecule has 1 aromatic heterocycles. The molecule has 8 heteroatoms. The maximum Gasteiger partial charge on any atom is 1.00 e. The van der Waals surface area contributed by atoms with Crippen LogP contribution in [-0.2, 0) is 9.84 Å². The fourth-order valence-electron chi connectivity index (χ4n) is 0.868. The van der Waals surface area contributed by atoms with Crippen LogP contribution in [0.3, 0.4) is 0 Å². The third-order valence-corrected chi connectivity index (χ3v) is 2.99. The summed E-state index contributed by atoms with van der Waals surface area (Å²) in [6.07, 6.45) is 0.907. The van der Waals surface area contributed by atoms with Crippen LogP contribution in [0, 0.1) is 0 Å². The summed E-state index contributed by atoms with van der Waals surface area (Å²) in [5.41, 5.74) is -0.582. The second-order valence-corrected chi connectivity index (χ2v) is 5.34. The van der Waals surface area contributed by atoms with Crippen LogP contribution in [0.4, 0.5) is 0 Å². The van der Waals surface area contributed by atoms with Crippen LogP contribution >= 0.6 is 15.9 Å². The van der Waals surface area contributed by atoms with Gasteiger partial charge in [0.15, 0.2) is 9.84 Å². The fourth-order valence-corrected chi connectivity index (χ4v) is 1.97. The molecule has 0 fully saturated rings. The van der Waals surface area contributed by atoms with Crippen molar-refractivity contribution in [3.63, 3.8) is 0 Å². The normalized spacial score (nSPS) is 10.5. The van der Waals surface area contributed by atoms with E-state index >= 15 is 0 Å². The van der Waals surface area contributed by atoms with Crippen LogP contribution < -0.4 is 24.0 Å². The number of aromatic carboxylic acids is 1. The topological polar surface area (TPSA) is 87.2 Å². The van der Waals surface area contributed by atoms with Crippen molar-refractivity contribution < 1.29 is 37.2 Å². The van der Waals surface area contributed by atoms with Crippen molar-refractivity contribution >= 4 is 31.7 Å². The van der Waals surface area contributed by atoms with Gasteiger partial charge in [0.1, 0.15) is 10.3 Å². The molecule has 0 unspecified atom stereocenters. The number of pyridine rings is 1. The van der Waals surface area contributed by atoms with Gasteiger partial charge in [0.2, 0.25) is 0 Å². The molecular formula is C7H5BrLiNO4S. The van der Waals surface area contributed by atoms with Gasteiger partial charge in [0.25, 0.3) is 0 Å². The summed E-state index contributed by atoms with van der Waals surface area (Å²) in [5, 5.41) is 10.6. The number of carbonyl (C=O) groups is 1. The average Bonchev–Trinajstić information content (AvgIpc) is 2.01. The predicted molar refractivity (Wildman–Crippen MR) is 49.4 cm³/mol. The molecule has 5 nitrogen and oxygen atoms in total. The van der Waals surface area contributed by atoms with Crippen LogP contribution in [0.15, 0.2) is 21.6 Å². The molecule has 0 atom stereocenters. The predicted octanol–water partition coefficient (Wildman–Crippen LogP) is -3.38. The van der Waals surface area contributed by atoms with E-state index < -0.39 is 21.5 Å². The van der Waals surface area contributed by atoms with Gasteiger partial charge in [0.05, 0.1) is 10.9 Å². The Labute approximate surface area is 107 Å². The Hall–Kier alpha value is -0.353. The summed E-state index contributed by atoms with van der Waals surface area (Å²) < 4.78 is 22.5. The van der Waals surface area contributed by atoms with Crippen molar-refractivity contribution in [3.8, 4) is 0 Å². The molecule has 0 aliphatic carbocycles. The minimum atomic E-state index is -3.60. The summed E-state index contributed by atoms with van der Waals surface area (Å²) in [4.78, 5) is 13.7. The Bertz CT molecular complexity index is 488. The van der Waals surface area contributed by atoms with E-state index in [0.29, 0.717) is 0 Å². The van der Waals surface area contributed by atoms with Gasteiger partial charge in [-0.05, 0) is 28.1 Å². The van der Waals surface area contributed by atoms with Crippen LogP contribution in [0.5, 0.6) is 0 Å². The van der Waals surface area contributed by atoms with Gasteiger partial charge in [-0.15, -0.1) is 0 Å². The maximum absolute atomic E-state index is 11.1. The molecular weight excluding hydrogens is 281 g/mol. The van der Waals surface area contributed by atoms with Crippen molar-refractivity contribution in [1.29, 1.82) is 0 Å². The van der Waals surface area contributed by atoms with Gasteiger partial charge < -0.3 is 9.90 Å². The largest absolute Gasteiger partial charge is 1.00 e. The van der Waals surface area contributed by atoms with E-state index in [-0.39, 0.29) is 28.4 Å². The number of carboxylic acids is 1. The van der Waals surface area contributed by atoms with Gasteiger partial charge in [-0.1, -0.05) is 0 Å². The van der Waals surface area contributed by atoms with Crippen LogP contribution in [0.25, 0.3) is 0 Å². The molecule has 1 rings (SSSR count). The van der Waals surface area contributed by atoms with E-state index in [4.69, 9.17) is 0 Å². The van der Waals surface area contributed by atoms with Gasteiger partial charge in [-0.3, -0.25) is 0 Å². The van der Waals surface area contributed by atoms with E-state index in [1.54, 1.807) is 0 Å². The molecule has 0 spiro atoms. The second-order valence-electron chi connectivity index (χ2n) is 2.54. The number of sulfone groups is 1. The number of rotatable bonds is 2. The number of aromatic nitrogens is 1. The first-order valence-electron chi connectivity index (χ1n) is 3.40. The molecule has 1 aromatic rings. The van der Waals surface area contributed by atoms with Gasteiger partial charge in [-0.2, -0.15) is 0 Å². The van der Waals surface area contributed by atoms with Crippen molar-refractivity contribution in [1.82, 2.24) is 4.98 Å². The van der Waals surface area contributed by atoms with E-state index in [0.717, 1.165) is 12.3 Å². The molecule has 0 saturated carbocycles. The zero-order valence-electron chi connectivity index (χ0n) is 8.02. The maximum atomic E-state index is 11.1. The quantitative estimate of drug-likeness (QED) is 0.418. The number of hydrogen-bond acceptors (Lipinski definition) is 5. The third kappa shape index (κ3) is 3.61.